The lowest BCUT2D eigenvalue weighted by Crippen LogP contribution is -2.35. The molecule has 30 heavy (non-hydrogen) atoms. The maximum absolute atomic E-state index is 12.9. The molecule has 2 heterocycles. The molecule has 0 aliphatic carbocycles. The quantitative estimate of drug-likeness (QED) is 0.597. The third-order valence-corrected chi connectivity index (χ3v) is 7.75. The van der Waals surface area contributed by atoms with Gasteiger partial charge in [-0.25, -0.2) is 18.2 Å². The number of hydrogen-bond donors (Lipinski definition) is 2. The van der Waals surface area contributed by atoms with E-state index in [9.17, 15) is 13.2 Å². The van der Waals surface area contributed by atoms with Crippen LogP contribution in [0.2, 0.25) is 5.02 Å². The molecule has 0 radical (unpaired) electrons. The van der Waals surface area contributed by atoms with E-state index in [1.807, 2.05) is 6.92 Å². The van der Waals surface area contributed by atoms with Crippen molar-refractivity contribution in [1.82, 2.24) is 9.29 Å². The average Bonchev–Trinajstić information content (AvgIpc) is 3.09. The number of amides is 2. The summed E-state index contributed by atoms with van der Waals surface area (Å²) >= 11 is 7.20. The second-order valence-corrected chi connectivity index (χ2v) is 10.3. The summed E-state index contributed by atoms with van der Waals surface area (Å²) in [6, 6.07) is 13.2. The van der Waals surface area contributed by atoms with E-state index in [1.165, 1.54) is 15.6 Å². The van der Waals surface area contributed by atoms with Crippen LogP contribution in [-0.4, -0.2) is 30.3 Å². The number of anilines is 2. The first-order valence-corrected chi connectivity index (χ1v) is 11.8. The van der Waals surface area contributed by atoms with E-state index < -0.39 is 16.1 Å². The normalized spacial score (nSPS) is 14.2. The van der Waals surface area contributed by atoms with Gasteiger partial charge >= 0.3 is 6.03 Å². The van der Waals surface area contributed by atoms with E-state index in [4.69, 9.17) is 11.6 Å². The molecule has 1 aliphatic heterocycles. The molecule has 0 spiro atoms. The standard InChI is InChI=1S/C20H19ClN4O3S2/c1-13-5-7-16(8-6-13)30(27,28)25-10-9-17-18(12-25)29-20(23-17)24-19(26)22-15-4-2-3-14(21)11-15/h2-8,11H,9-10,12H2,1H3,(H2,22,23,24,26). The highest BCUT2D eigenvalue weighted by molar-refractivity contribution is 7.89. The van der Waals surface area contributed by atoms with Gasteiger partial charge in [0.25, 0.3) is 0 Å². The maximum Gasteiger partial charge on any atom is 0.325 e. The lowest BCUT2D eigenvalue weighted by molar-refractivity contribution is 0.262. The number of rotatable bonds is 4. The van der Waals surface area contributed by atoms with E-state index in [0.717, 1.165) is 16.1 Å². The number of benzene rings is 2. The first-order valence-electron chi connectivity index (χ1n) is 9.20. The fraction of sp³-hybridized carbons (Fsp3) is 0.200. The molecule has 3 aromatic rings. The molecular weight excluding hydrogens is 444 g/mol. The van der Waals surface area contributed by atoms with Gasteiger partial charge in [-0.2, -0.15) is 4.31 Å². The zero-order valence-corrected chi connectivity index (χ0v) is 18.4. The van der Waals surface area contributed by atoms with Crippen LogP contribution in [0, 0.1) is 6.92 Å². The van der Waals surface area contributed by atoms with Crippen molar-refractivity contribution in [1.29, 1.82) is 0 Å². The van der Waals surface area contributed by atoms with Crippen molar-refractivity contribution in [2.24, 2.45) is 0 Å². The fourth-order valence-corrected chi connectivity index (χ4v) is 5.82. The minimum absolute atomic E-state index is 0.237. The Balaban J connectivity index is 1.45. The third-order valence-electron chi connectivity index (χ3n) is 4.66. The molecule has 0 unspecified atom stereocenters. The minimum atomic E-state index is -3.58. The van der Waals surface area contributed by atoms with Crippen LogP contribution in [0.5, 0.6) is 0 Å². The van der Waals surface area contributed by atoms with E-state index in [2.05, 4.69) is 15.6 Å². The Hall–Kier alpha value is -2.46. The van der Waals surface area contributed by atoms with Crippen molar-refractivity contribution in [3.63, 3.8) is 0 Å². The molecule has 0 saturated carbocycles. The van der Waals surface area contributed by atoms with Crippen molar-refractivity contribution in [2.75, 3.05) is 17.2 Å². The topological polar surface area (TPSA) is 91.4 Å². The summed E-state index contributed by atoms with van der Waals surface area (Å²) in [5, 5.41) is 6.35. The molecular formula is C20H19ClN4O3S2. The largest absolute Gasteiger partial charge is 0.325 e. The van der Waals surface area contributed by atoms with Crippen molar-refractivity contribution in [3.8, 4) is 0 Å². The Labute approximate surface area is 183 Å². The predicted molar refractivity (Wildman–Crippen MR) is 119 cm³/mol. The summed E-state index contributed by atoms with van der Waals surface area (Å²) < 4.78 is 27.3. The Bertz CT molecular complexity index is 1190. The number of aromatic nitrogens is 1. The minimum Gasteiger partial charge on any atom is -0.308 e. The Morgan fingerprint density at radius 3 is 2.67 bits per heavy atom. The number of nitrogens with zero attached hydrogens (tertiary/aromatic N) is 2. The predicted octanol–water partition coefficient (Wildman–Crippen LogP) is 4.50. The van der Waals surface area contributed by atoms with E-state index in [-0.39, 0.29) is 11.4 Å². The number of sulfonamides is 1. The highest BCUT2D eigenvalue weighted by Gasteiger charge is 2.30. The first-order chi connectivity index (χ1) is 14.3. The van der Waals surface area contributed by atoms with Crippen molar-refractivity contribution in [2.45, 2.75) is 24.8 Å². The molecule has 156 valence electrons. The molecule has 2 amide bonds. The van der Waals surface area contributed by atoms with Gasteiger partial charge < -0.3 is 5.32 Å². The SMILES string of the molecule is Cc1ccc(S(=O)(=O)N2CCc3nc(NC(=O)Nc4cccc(Cl)c4)sc3C2)cc1. The van der Waals surface area contributed by atoms with Gasteiger partial charge in [-0.15, -0.1) is 0 Å². The molecule has 0 saturated heterocycles. The number of carbonyl (C=O) groups is 1. The van der Waals surface area contributed by atoms with Gasteiger partial charge in [0.2, 0.25) is 10.0 Å². The average molecular weight is 463 g/mol. The van der Waals surface area contributed by atoms with Gasteiger partial charge in [0.15, 0.2) is 5.13 Å². The smallest absolute Gasteiger partial charge is 0.308 e. The highest BCUT2D eigenvalue weighted by Crippen LogP contribution is 2.31. The van der Waals surface area contributed by atoms with Gasteiger partial charge in [0.05, 0.1) is 17.1 Å². The maximum atomic E-state index is 12.9. The van der Waals surface area contributed by atoms with E-state index in [1.54, 1.807) is 48.5 Å². The van der Waals surface area contributed by atoms with Gasteiger partial charge in [-0.05, 0) is 37.3 Å². The van der Waals surface area contributed by atoms with Crippen LogP contribution in [0.15, 0.2) is 53.4 Å². The lowest BCUT2D eigenvalue weighted by Gasteiger charge is -2.25. The van der Waals surface area contributed by atoms with Gasteiger partial charge in [0.1, 0.15) is 0 Å². The van der Waals surface area contributed by atoms with Crippen LogP contribution < -0.4 is 10.6 Å². The summed E-state index contributed by atoms with van der Waals surface area (Å²) in [4.78, 5) is 17.8. The molecule has 2 N–H and O–H groups in total. The molecule has 0 bridgehead atoms. The van der Waals surface area contributed by atoms with Crippen LogP contribution in [0.3, 0.4) is 0 Å². The molecule has 0 fully saturated rings. The van der Waals surface area contributed by atoms with Crippen LogP contribution in [0.1, 0.15) is 16.1 Å². The number of carbonyl (C=O) groups excluding carboxylic acids is 1. The zero-order chi connectivity index (χ0) is 21.3. The van der Waals surface area contributed by atoms with E-state index in [0.29, 0.717) is 28.8 Å². The van der Waals surface area contributed by atoms with Gasteiger partial charge in [-0.1, -0.05) is 46.7 Å². The number of thiazole rings is 1. The van der Waals surface area contributed by atoms with Crippen LogP contribution in [0.4, 0.5) is 15.6 Å². The van der Waals surface area contributed by atoms with Gasteiger partial charge in [0, 0.05) is 28.6 Å². The number of halogens is 1. The van der Waals surface area contributed by atoms with Crippen molar-refractivity contribution < 1.29 is 13.2 Å². The Morgan fingerprint density at radius 2 is 1.93 bits per heavy atom. The van der Waals surface area contributed by atoms with Crippen molar-refractivity contribution >= 4 is 49.8 Å². The molecule has 1 aliphatic rings. The second kappa shape index (κ2) is 8.35. The molecule has 7 nitrogen and oxygen atoms in total. The molecule has 10 heteroatoms. The summed E-state index contributed by atoms with van der Waals surface area (Å²) in [6.45, 7) is 2.50. The lowest BCUT2D eigenvalue weighted by atomic mass is 10.2. The molecule has 2 aromatic carbocycles. The Morgan fingerprint density at radius 1 is 1.17 bits per heavy atom. The zero-order valence-electron chi connectivity index (χ0n) is 16.1. The third kappa shape index (κ3) is 4.49. The first kappa shape index (κ1) is 20.8. The van der Waals surface area contributed by atoms with Crippen molar-refractivity contribution in [3.05, 3.63) is 69.7 Å². The number of nitrogens with one attached hydrogen (secondary N) is 2. The fourth-order valence-electron chi connectivity index (χ4n) is 3.12. The van der Waals surface area contributed by atoms with Crippen LogP contribution in [0.25, 0.3) is 0 Å². The number of hydrogen-bond acceptors (Lipinski definition) is 5. The highest BCUT2D eigenvalue weighted by atomic mass is 35.5. The molecule has 1 aromatic heterocycles. The second-order valence-electron chi connectivity index (χ2n) is 6.88. The summed E-state index contributed by atoms with van der Waals surface area (Å²) in [5.41, 5.74) is 2.38. The summed E-state index contributed by atoms with van der Waals surface area (Å²) in [6.07, 6.45) is 0.495. The van der Waals surface area contributed by atoms with Crippen LogP contribution >= 0.6 is 22.9 Å². The van der Waals surface area contributed by atoms with Crippen LogP contribution in [-0.2, 0) is 23.0 Å². The number of aryl methyl sites for hydroxylation is 1. The summed E-state index contributed by atoms with van der Waals surface area (Å²) in [5.74, 6) is 0. The summed E-state index contributed by atoms with van der Waals surface area (Å²) in [7, 11) is -3.58. The van der Waals surface area contributed by atoms with E-state index >= 15 is 0 Å². The Kier molecular flexibility index (Phi) is 5.79. The number of urea groups is 1. The molecule has 0 atom stereocenters. The number of fused-ring (bicyclic) bond motifs is 1. The van der Waals surface area contributed by atoms with Gasteiger partial charge in [-0.3, -0.25) is 5.32 Å². The molecule has 4 rings (SSSR count). The monoisotopic (exact) mass is 462 g/mol.